The highest BCUT2D eigenvalue weighted by atomic mass is 16.4. The molecule has 6 heteroatoms. The van der Waals surface area contributed by atoms with Gasteiger partial charge in [0.25, 0.3) is 0 Å². The van der Waals surface area contributed by atoms with E-state index in [0.29, 0.717) is 19.5 Å². The summed E-state index contributed by atoms with van der Waals surface area (Å²) < 4.78 is 0. The van der Waals surface area contributed by atoms with E-state index in [-0.39, 0.29) is 12.5 Å². The maximum Gasteiger partial charge on any atom is 0.317 e. The van der Waals surface area contributed by atoms with Gasteiger partial charge >= 0.3 is 12.0 Å². The minimum Gasteiger partial charge on any atom is -0.481 e. The smallest absolute Gasteiger partial charge is 0.317 e. The van der Waals surface area contributed by atoms with Gasteiger partial charge in [-0.05, 0) is 25.0 Å². The first-order chi connectivity index (χ1) is 8.99. The first-order valence-electron chi connectivity index (χ1n) is 6.11. The quantitative estimate of drug-likeness (QED) is 0.814. The summed E-state index contributed by atoms with van der Waals surface area (Å²) in [5, 5.41) is 11.3. The maximum absolute atomic E-state index is 11.7. The number of carbonyl (C=O) groups excluding carboxylic acids is 1. The molecule has 0 fully saturated rings. The van der Waals surface area contributed by atoms with Crippen LogP contribution in [-0.4, -0.2) is 40.6 Å². The Morgan fingerprint density at radius 3 is 2.74 bits per heavy atom. The molecule has 0 radical (unpaired) electrons. The predicted octanol–water partition coefficient (Wildman–Crippen LogP) is 1.40. The molecule has 0 bridgehead atoms. The number of aromatic nitrogens is 1. The largest absolute Gasteiger partial charge is 0.481 e. The molecule has 1 rings (SSSR count). The average molecular weight is 265 g/mol. The number of hydrogen-bond donors (Lipinski definition) is 2. The molecule has 0 saturated heterocycles. The molecule has 0 atom stereocenters. The Morgan fingerprint density at radius 1 is 1.42 bits per heavy atom. The first-order valence-corrected chi connectivity index (χ1v) is 6.11. The van der Waals surface area contributed by atoms with Crippen LogP contribution in [-0.2, 0) is 11.3 Å². The number of pyridine rings is 1. The zero-order valence-corrected chi connectivity index (χ0v) is 11.2. The fourth-order valence-electron chi connectivity index (χ4n) is 1.48. The molecule has 1 heterocycles. The van der Waals surface area contributed by atoms with Gasteiger partial charge in [0, 0.05) is 38.4 Å². The molecular weight excluding hydrogens is 246 g/mol. The van der Waals surface area contributed by atoms with E-state index >= 15 is 0 Å². The maximum atomic E-state index is 11.7. The SMILES string of the molecule is Cc1ccc(CNC(=O)N(C)CCCC(=O)O)cn1. The fraction of sp³-hybridized carbons (Fsp3) is 0.462. The van der Waals surface area contributed by atoms with Crippen LogP contribution < -0.4 is 5.32 Å². The van der Waals surface area contributed by atoms with Crippen LogP contribution in [0.3, 0.4) is 0 Å². The Kier molecular flexibility index (Phi) is 5.78. The van der Waals surface area contributed by atoms with Crippen molar-refractivity contribution < 1.29 is 14.7 Å². The van der Waals surface area contributed by atoms with E-state index in [0.717, 1.165) is 11.3 Å². The monoisotopic (exact) mass is 265 g/mol. The zero-order valence-electron chi connectivity index (χ0n) is 11.2. The lowest BCUT2D eigenvalue weighted by molar-refractivity contribution is -0.137. The summed E-state index contributed by atoms with van der Waals surface area (Å²) in [5.74, 6) is -0.848. The number of urea groups is 1. The summed E-state index contributed by atoms with van der Waals surface area (Å²) in [6, 6.07) is 3.58. The Bertz CT molecular complexity index is 431. The lowest BCUT2D eigenvalue weighted by Crippen LogP contribution is -2.37. The average Bonchev–Trinajstić information content (AvgIpc) is 2.37. The van der Waals surface area contributed by atoms with Crippen LogP contribution in [0.5, 0.6) is 0 Å². The van der Waals surface area contributed by atoms with E-state index in [9.17, 15) is 9.59 Å². The second-order valence-electron chi connectivity index (χ2n) is 4.39. The van der Waals surface area contributed by atoms with Crippen LogP contribution in [0.1, 0.15) is 24.1 Å². The molecule has 0 unspecified atom stereocenters. The van der Waals surface area contributed by atoms with E-state index < -0.39 is 5.97 Å². The van der Waals surface area contributed by atoms with Crippen molar-refractivity contribution in [3.05, 3.63) is 29.6 Å². The Morgan fingerprint density at radius 2 is 2.16 bits per heavy atom. The van der Waals surface area contributed by atoms with Crippen LogP contribution in [0.25, 0.3) is 0 Å². The normalized spacial score (nSPS) is 10.0. The highest BCUT2D eigenvalue weighted by Crippen LogP contribution is 1.99. The summed E-state index contributed by atoms with van der Waals surface area (Å²) in [4.78, 5) is 27.7. The number of carboxylic acids is 1. The van der Waals surface area contributed by atoms with E-state index in [4.69, 9.17) is 5.11 Å². The third-order valence-electron chi connectivity index (χ3n) is 2.65. The van der Waals surface area contributed by atoms with E-state index in [1.165, 1.54) is 4.90 Å². The molecular formula is C13H19N3O3. The number of rotatable bonds is 6. The molecule has 1 aromatic heterocycles. The molecule has 0 aliphatic heterocycles. The molecule has 0 aliphatic rings. The van der Waals surface area contributed by atoms with Crippen LogP contribution in [0.2, 0.25) is 0 Å². The lowest BCUT2D eigenvalue weighted by Gasteiger charge is -2.17. The van der Waals surface area contributed by atoms with Gasteiger partial charge in [-0.3, -0.25) is 9.78 Å². The van der Waals surface area contributed by atoms with Crippen molar-refractivity contribution in [2.45, 2.75) is 26.3 Å². The third-order valence-corrected chi connectivity index (χ3v) is 2.65. The van der Waals surface area contributed by atoms with Gasteiger partial charge in [-0.15, -0.1) is 0 Å². The molecule has 6 nitrogen and oxygen atoms in total. The topological polar surface area (TPSA) is 82.5 Å². The van der Waals surface area contributed by atoms with Gasteiger partial charge in [-0.25, -0.2) is 4.79 Å². The molecule has 1 aromatic rings. The van der Waals surface area contributed by atoms with Crippen LogP contribution in [0.15, 0.2) is 18.3 Å². The highest BCUT2D eigenvalue weighted by molar-refractivity contribution is 5.73. The number of aryl methyl sites for hydroxylation is 1. The second-order valence-corrected chi connectivity index (χ2v) is 4.39. The number of carbonyl (C=O) groups is 2. The summed E-state index contributed by atoms with van der Waals surface area (Å²) in [7, 11) is 1.64. The Balaban J connectivity index is 2.30. The molecule has 19 heavy (non-hydrogen) atoms. The van der Waals surface area contributed by atoms with Crippen LogP contribution in [0.4, 0.5) is 4.79 Å². The minimum atomic E-state index is -0.848. The van der Waals surface area contributed by atoms with Crippen molar-refractivity contribution in [1.29, 1.82) is 0 Å². The Hall–Kier alpha value is -2.11. The number of nitrogens with zero attached hydrogens (tertiary/aromatic N) is 2. The van der Waals surface area contributed by atoms with Crippen molar-refractivity contribution in [2.24, 2.45) is 0 Å². The van der Waals surface area contributed by atoms with Crippen molar-refractivity contribution in [1.82, 2.24) is 15.2 Å². The molecule has 2 amide bonds. The molecule has 2 N–H and O–H groups in total. The van der Waals surface area contributed by atoms with Crippen LogP contribution >= 0.6 is 0 Å². The van der Waals surface area contributed by atoms with Gasteiger partial charge in [0.15, 0.2) is 0 Å². The number of carboxylic acid groups (broad SMARTS) is 1. The van der Waals surface area contributed by atoms with Crippen molar-refractivity contribution in [3.63, 3.8) is 0 Å². The zero-order chi connectivity index (χ0) is 14.3. The Labute approximate surface area is 112 Å². The van der Waals surface area contributed by atoms with Gasteiger partial charge in [-0.2, -0.15) is 0 Å². The van der Waals surface area contributed by atoms with E-state index in [1.807, 2.05) is 19.1 Å². The van der Waals surface area contributed by atoms with E-state index in [2.05, 4.69) is 10.3 Å². The standard InChI is InChI=1S/C13H19N3O3/c1-10-5-6-11(8-14-10)9-15-13(19)16(2)7-3-4-12(17)18/h5-6,8H,3-4,7,9H2,1-2H3,(H,15,19)(H,17,18). The summed E-state index contributed by atoms with van der Waals surface area (Å²) in [5.41, 5.74) is 1.86. The highest BCUT2D eigenvalue weighted by Gasteiger charge is 2.08. The number of nitrogens with one attached hydrogen (secondary N) is 1. The summed E-state index contributed by atoms with van der Waals surface area (Å²) in [6.45, 7) is 2.73. The van der Waals surface area contributed by atoms with Crippen LogP contribution in [0, 0.1) is 6.92 Å². The van der Waals surface area contributed by atoms with Gasteiger partial charge in [0.1, 0.15) is 0 Å². The van der Waals surface area contributed by atoms with Crippen molar-refractivity contribution >= 4 is 12.0 Å². The molecule has 0 spiro atoms. The van der Waals surface area contributed by atoms with Gasteiger partial charge in [0.2, 0.25) is 0 Å². The predicted molar refractivity (Wildman–Crippen MR) is 70.7 cm³/mol. The molecule has 0 aromatic carbocycles. The number of amides is 2. The second kappa shape index (κ2) is 7.35. The van der Waals surface area contributed by atoms with Crippen molar-refractivity contribution in [2.75, 3.05) is 13.6 Å². The number of aliphatic carboxylic acids is 1. The fourth-order valence-corrected chi connectivity index (χ4v) is 1.48. The first kappa shape index (κ1) is 14.9. The molecule has 0 saturated carbocycles. The van der Waals surface area contributed by atoms with Gasteiger partial charge in [0.05, 0.1) is 0 Å². The third kappa shape index (κ3) is 5.85. The summed E-state index contributed by atoms with van der Waals surface area (Å²) in [6.07, 6.45) is 2.24. The number of hydrogen-bond acceptors (Lipinski definition) is 3. The van der Waals surface area contributed by atoms with E-state index in [1.54, 1.807) is 13.2 Å². The minimum absolute atomic E-state index is 0.0690. The molecule has 0 aliphatic carbocycles. The van der Waals surface area contributed by atoms with Crippen molar-refractivity contribution in [3.8, 4) is 0 Å². The van der Waals surface area contributed by atoms with Gasteiger partial charge in [-0.1, -0.05) is 6.07 Å². The lowest BCUT2D eigenvalue weighted by atomic mass is 10.2. The molecule has 104 valence electrons. The van der Waals surface area contributed by atoms with Gasteiger partial charge < -0.3 is 15.3 Å². The summed E-state index contributed by atoms with van der Waals surface area (Å²) >= 11 is 0.